The summed E-state index contributed by atoms with van der Waals surface area (Å²) in [7, 11) is 0. The fraction of sp³-hybridized carbons (Fsp3) is 0.200. The Kier molecular flexibility index (Phi) is 4.16. The van der Waals surface area contributed by atoms with Crippen molar-refractivity contribution in [2.45, 2.75) is 19.6 Å². The minimum Gasteiger partial charge on any atom is -0.381 e. The summed E-state index contributed by atoms with van der Waals surface area (Å²) in [5.41, 5.74) is -0.140. The number of anilines is 1. The number of aryl methyl sites for hydroxylation is 1. The second kappa shape index (κ2) is 5.71. The molecule has 0 bridgehead atoms. The van der Waals surface area contributed by atoms with Crippen LogP contribution in [0.3, 0.4) is 0 Å². The first-order valence-corrected chi connectivity index (χ1v) is 6.13. The highest BCUT2D eigenvalue weighted by Gasteiger charge is 2.34. The average molecular weight is 301 g/mol. The lowest BCUT2D eigenvalue weighted by atomic mass is 10.1. The standard InChI is InChI=1S/C15H12F5N/c1-9-2-4-11(7-14(9)17)21-8-10-3-5-13(16)12(6-10)15(18,19)20/h2-7,21H,8H2,1H3. The van der Waals surface area contributed by atoms with Crippen molar-refractivity contribution < 1.29 is 22.0 Å². The van der Waals surface area contributed by atoms with Crippen LogP contribution in [0.4, 0.5) is 27.6 Å². The summed E-state index contributed by atoms with van der Waals surface area (Å²) in [6.07, 6.45) is -4.74. The minimum absolute atomic E-state index is 0.0336. The van der Waals surface area contributed by atoms with Gasteiger partial charge in [0.2, 0.25) is 0 Å². The van der Waals surface area contributed by atoms with Gasteiger partial charge in [0, 0.05) is 12.2 Å². The van der Waals surface area contributed by atoms with Gasteiger partial charge in [-0.1, -0.05) is 12.1 Å². The summed E-state index contributed by atoms with van der Waals surface area (Å²) in [5, 5.41) is 2.80. The lowest BCUT2D eigenvalue weighted by molar-refractivity contribution is -0.140. The van der Waals surface area contributed by atoms with Crippen LogP contribution in [0.1, 0.15) is 16.7 Å². The van der Waals surface area contributed by atoms with Gasteiger partial charge in [0.15, 0.2) is 0 Å². The van der Waals surface area contributed by atoms with Gasteiger partial charge in [-0.05, 0) is 42.3 Å². The Hall–Kier alpha value is -2.11. The van der Waals surface area contributed by atoms with E-state index in [0.29, 0.717) is 11.3 Å². The SMILES string of the molecule is Cc1ccc(NCc2ccc(F)c(C(F)(F)F)c2)cc1F. The van der Waals surface area contributed by atoms with E-state index in [0.717, 1.165) is 12.1 Å². The second-order valence-corrected chi connectivity index (χ2v) is 4.63. The smallest absolute Gasteiger partial charge is 0.381 e. The minimum atomic E-state index is -4.74. The molecule has 0 saturated heterocycles. The van der Waals surface area contributed by atoms with Crippen molar-refractivity contribution in [3.63, 3.8) is 0 Å². The summed E-state index contributed by atoms with van der Waals surface area (Å²) < 4.78 is 64.2. The first kappa shape index (κ1) is 15.3. The zero-order chi connectivity index (χ0) is 15.6. The Bertz CT molecular complexity index is 649. The van der Waals surface area contributed by atoms with E-state index in [1.807, 2.05) is 0 Å². The molecule has 2 aromatic carbocycles. The molecule has 1 nitrogen and oxygen atoms in total. The highest BCUT2D eigenvalue weighted by atomic mass is 19.4. The van der Waals surface area contributed by atoms with Crippen LogP contribution in [0.5, 0.6) is 0 Å². The zero-order valence-corrected chi connectivity index (χ0v) is 11.1. The van der Waals surface area contributed by atoms with Crippen molar-refractivity contribution in [2.24, 2.45) is 0 Å². The normalized spacial score (nSPS) is 11.5. The molecule has 2 aromatic rings. The number of hydrogen-bond acceptors (Lipinski definition) is 1. The highest BCUT2D eigenvalue weighted by molar-refractivity contribution is 5.46. The molecule has 0 spiro atoms. The number of rotatable bonds is 3. The van der Waals surface area contributed by atoms with E-state index in [1.165, 1.54) is 12.1 Å². The molecule has 0 heterocycles. The molecular formula is C15H12F5N. The Labute approximate surface area is 118 Å². The molecule has 0 aromatic heterocycles. The first-order chi connectivity index (χ1) is 9.77. The van der Waals surface area contributed by atoms with Crippen LogP contribution in [0.2, 0.25) is 0 Å². The molecule has 0 aliphatic carbocycles. The molecule has 0 saturated carbocycles. The Morgan fingerprint density at radius 2 is 1.67 bits per heavy atom. The predicted molar refractivity (Wildman–Crippen MR) is 69.9 cm³/mol. The summed E-state index contributed by atoms with van der Waals surface area (Å²) in [6.45, 7) is 1.64. The van der Waals surface area contributed by atoms with Crippen LogP contribution < -0.4 is 5.32 Å². The van der Waals surface area contributed by atoms with Crippen LogP contribution >= 0.6 is 0 Å². The number of halogens is 5. The van der Waals surface area contributed by atoms with Crippen molar-refractivity contribution in [3.8, 4) is 0 Å². The third kappa shape index (κ3) is 3.71. The predicted octanol–water partition coefficient (Wildman–Crippen LogP) is 4.90. The zero-order valence-electron chi connectivity index (χ0n) is 11.1. The topological polar surface area (TPSA) is 12.0 Å². The molecule has 1 N–H and O–H groups in total. The Balaban J connectivity index is 2.15. The maximum absolute atomic E-state index is 13.3. The second-order valence-electron chi connectivity index (χ2n) is 4.63. The summed E-state index contributed by atoms with van der Waals surface area (Å²) in [4.78, 5) is 0. The van der Waals surface area contributed by atoms with Crippen molar-refractivity contribution >= 4 is 5.69 Å². The molecule has 2 rings (SSSR count). The van der Waals surface area contributed by atoms with Crippen LogP contribution in [0.25, 0.3) is 0 Å². The van der Waals surface area contributed by atoms with Gasteiger partial charge in [0.05, 0.1) is 5.56 Å². The van der Waals surface area contributed by atoms with E-state index in [4.69, 9.17) is 0 Å². The molecular weight excluding hydrogens is 289 g/mol. The van der Waals surface area contributed by atoms with Gasteiger partial charge in [-0.15, -0.1) is 0 Å². The number of nitrogens with one attached hydrogen (secondary N) is 1. The Morgan fingerprint density at radius 1 is 0.952 bits per heavy atom. The van der Waals surface area contributed by atoms with Gasteiger partial charge in [-0.3, -0.25) is 0 Å². The van der Waals surface area contributed by atoms with Crippen LogP contribution in [-0.2, 0) is 12.7 Å². The average Bonchev–Trinajstić information content (AvgIpc) is 2.40. The molecule has 0 amide bonds. The van der Waals surface area contributed by atoms with Crippen LogP contribution in [0, 0.1) is 18.6 Å². The maximum atomic E-state index is 13.3. The summed E-state index contributed by atoms with van der Waals surface area (Å²) >= 11 is 0. The Morgan fingerprint density at radius 3 is 2.29 bits per heavy atom. The van der Waals surface area contributed by atoms with Crippen molar-refractivity contribution in [1.82, 2.24) is 0 Å². The van der Waals surface area contributed by atoms with Crippen LogP contribution in [-0.4, -0.2) is 0 Å². The van der Waals surface area contributed by atoms with E-state index >= 15 is 0 Å². The van der Waals surface area contributed by atoms with Gasteiger partial charge in [0.25, 0.3) is 0 Å². The monoisotopic (exact) mass is 301 g/mol. The molecule has 0 aliphatic heterocycles. The molecule has 6 heteroatoms. The van der Waals surface area contributed by atoms with Gasteiger partial charge in [-0.2, -0.15) is 13.2 Å². The van der Waals surface area contributed by atoms with Gasteiger partial charge < -0.3 is 5.32 Å². The first-order valence-electron chi connectivity index (χ1n) is 6.13. The largest absolute Gasteiger partial charge is 0.419 e. The molecule has 21 heavy (non-hydrogen) atoms. The van der Waals surface area contributed by atoms with Gasteiger partial charge >= 0.3 is 6.18 Å². The van der Waals surface area contributed by atoms with Crippen molar-refractivity contribution in [1.29, 1.82) is 0 Å². The number of benzene rings is 2. The van der Waals surface area contributed by atoms with E-state index < -0.39 is 23.4 Å². The quantitative estimate of drug-likeness (QED) is 0.795. The molecule has 0 fully saturated rings. The molecule has 112 valence electrons. The lowest BCUT2D eigenvalue weighted by Crippen LogP contribution is -2.10. The summed E-state index contributed by atoms with van der Waals surface area (Å²) in [5.74, 6) is -1.72. The molecule has 0 atom stereocenters. The molecule has 0 radical (unpaired) electrons. The molecule has 0 unspecified atom stereocenters. The van der Waals surface area contributed by atoms with E-state index in [1.54, 1.807) is 19.1 Å². The third-order valence-electron chi connectivity index (χ3n) is 3.00. The fourth-order valence-corrected chi connectivity index (χ4v) is 1.81. The van der Waals surface area contributed by atoms with Crippen molar-refractivity contribution in [3.05, 3.63) is 64.7 Å². The molecule has 0 aliphatic rings. The third-order valence-corrected chi connectivity index (χ3v) is 3.00. The highest BCUT2D eigenvalue weighted by Crippen LogP contribution is 2.32. The maximum Gasteiger partial charge on any atom is 0.419 e. The summed E-state index contributed by atoms with van der Waals surface area (Å²) in [6, 6.07) is 7.20. The van der Waals surface area contributed by atoms with E-state index in [-0.39, 0.29) is 12.1 Å². The van der Waals surface area contributed by atoms with Crippen LogP contribution in [0.15, 0.2) is 36.4 Å². The fourth-order valence-electron chi connectivity index (χ4n) is 1.81. The van der Waals surface area contributed by atoms with Gasteiger partial charge in [-0.25, -0.2) is 8.78 Å². The van der Waals surface area contributed by atoms with Gasteiger partial charge in [0.1, 0.15) is 11.6 Å². The number of alkyl halides is 3. The van der Waals surface area contributed by atoms with Crippen molar-refractivity contribution in [2.75, 3.05) is 5.32 Å². The van der Waals surface area contributed by atoms with E-state index in [9.17, 15) is 22.0 Å². The number of hydrogen-bond donors (Lipinski definition) is 1. The lowest BCUT2D eigenvalue weighted by Gasteiger charge is -2.11. The van der Waals surface area contributed by atoms with E-state index in [2.05, 4.69) is 5.32 Å².